The molecule has 0 aliphatic carbocycles. The van der Waals surface area contributed by atoms with E-state index in [2.05, 4.69) is 0 Å². The minimum absolute atomic E-state index is 0.471. The van der Waals surface area contributed by atoms with Crippen LogP contribution in [0.15, 0.2) is 47.1 Å². The minimum Gasteiger partial charge on any atom is -0.464 e. The molecule has 2 aromatic rings. The molecule has 2 rings (SSSR count). The summed E-state index contributed by atoms with van der Waals surface area (Å²) in [6.45, 7) is -0.471. The maximum absolute atomic E-state index is 9.68. The molecule has 2 unspecified atom stereocenters. The molecule has 0 saturated carbocycles. The first-order chi connectivity index (χ1) is 8.22. The summed E-state index contributed by atoms with van der Waals surface area (Å²) in [7, 11) is 0. The Balaban J connectivity index is 2.18. The van der Waals surface area contributed by atoms with Crippen LogP contribution < -0.4 is 0 Å². The van der Waals surface area contributed by atoms with E-state index in [0.717, 1.165) is 11.3 Å². The van der Waals surface area contributed by atoms with Crippen LogP contribution in [0.4, 0.5) is 0 Å². The Hall–Kier alpha value is -1.62. The highest BCUT2D eigenvalue weighted by Gasteiger charge is 2.17. The van der Waals surface area contributed by atoms with Crippen molar-refractivity contribution in [3.05, 3.63) is 48.2 Å². The maximum atomic E-state index is 9.68. The summed E-state index contributed by atoms with van der Waals surface area (Å²) >= 11 is 0. The summed E-state index contributed by atoms with van der Waals surface area (Å²) in [5.74, 6) is 0.744. The standard InChI is InChI=1S/C13H14O4/c14-8-11(15)13(16)10-5-3-9(4-6-10)12-2-1-7-17-12/h1-7,11,13-16H,8H2. The van der Waals surface area contributed by atoms with Gasteiger partial charge in [0.2, 0.25) is 0 Å². The van der Waals surface area contributed by atoms with Crippen LogP contribution >= 0.6 is 0 Å². The molecule has 0 aliphatic rings. The zero-order chi connectivity index (χ0) is 12.3. The van der Waals surface area contributed by atoms with Crippen LogP contribution in [-0.4, -0.2) is 28.0 Å². The lowest BCUT2D eigenvalue weighted by Gasteiger charge is -2.15. The molecule has 0 amide bonds. The van der Waals surface area contributed by atoms with Crippen molar-refractivity contribution in [1.82, 2.24) is 0 Å². The summed E-state index contributed by atoms with van der Waals surface area (Å²) in [5.41, 5.74) is 1.45. The highest BCUT2D eigenvalue weighted by Crippen LogP contribution is 2.23. The van der Waals surface area contributed by atoms with Gasteiger partial charge in [0.05, 0.1) is 12.9 Å². The molecular formula is C13H14O4. The molecule has 1 aromatic heterocycles. The van der Waals surface area contributed by atoms with Crippen LogP contribution in [0.5, 0.6) is 0 Å². The summed E-state index contributed by atoms with van der Waals surface area (Å²) < 4.78 is 5.24. The van der Waals surface area contributed by atoms with Crippen LogP contribution in [0.25, 0.3) is 11.3 Å². The zero-order valence-corrected chi connectivity index (χ0v) is 9.15. The third-order valence-corrected chi connectivity index (χ3v) is 2.61. The lowest BCUT2D eigenvalue weighted by Crippen LogP contribution is -2.21. The molecule has 0 saturated heterocycles. The van der Waals surface area contributed by atoms with Crippen molar-refractivity contribution in [2.24, 2.45) is 0 Å². The number of aliphatic hydroxyl groups is 3. The molecule has 0 radical (unpaired) electrons. The lowest BCUT2D eigenvalue weighted by molar-refractivity contribution is -0.0152. The van der Waals surface area contributed by atoms with Gasteiger partial charge in [0.25, 0.3) is 0 Å². The second-order valence-electron chi connectivity index (χ2n) is 3.79. The largest absolute Gasteiger partial charge is 0.464 e. The van der Waals surface area contributed by atoms with E-state index in [4.69, 9.17) is 9.52 Å². The quantitative estimate of drug-likeness (QED) is 0.746. The topological polar surface area (TPSA) is 73.8 Å². The van der Waals surface area contributed by atoms with Crippen LogP contribution in [0.2, 0.25) is 0 Å². The number of furan rings is 1. The SMILES string of the molecule is OCC(O)C(O)c1ccc(-c2ccco2)cc1. The summed E-state index contributed by atoms with van der Waals surface area (Å²) in [6, 6.07) is 10.6. The van der Waals surface area contributed by atoms with Crippen molar-refractivity contribution >= 4 is 0 Å². The minimum atomic E-state index is -1.16. The fourth-order valence-electron chi connectivity index (χ4n) is 1.61. The molecule has 4 heteroatoms. The van der Waals surface area contributed by atoms with Gasteiger partial charge in [-0.3, -0.25) is 0 Å². The van der Waals surface area contributed by atoms with Gasteiger partial charge in [-0.25, -0.2) is 0 Å². The van der Waals surface area contributed by atoms with E-state index < -0.39 is 18.8 Å². The average molecular weight is 234 g/mol. The van der Waals surface area contributed by atoms with Gasteiger partial charge in [-0.2, -0.15) is 0 Å². The smallest absolute Gasteiger partial charge is 0.133 e. The van der Waals surface area contributed by atoms with Crippen LogP contribution in [0, 0.1) is 0 Å². The molecule has 17 heavy (non-hydrogen) atoms. The van der Waals surface area contributed by atoms with E-state index >= 15 is 0 Å². The first-order valence-electron chi connectivity index (χ1n) is 5.33. The molecule has 0 bridgehead atoms. The molecule has 2 atom stereocenters. The van der Waals surface area contributed by atoms with Gasteiger partial charge in [-0.05, 0) is 17.7 Å². The summed E-state index contributed by atoms with van der Waals surface area (Å²) in [5, 5.41) is 27.7. The highest BCUT2D eigenvalue weighted by molar-refractivity contribution is 5.57. The fourth-order valence-corrected chi connectivity index (χ4v) is 1.61. The number of aliphatic hydroxyl groups excluding tert-OH is 3. The fraction of sp³-hybridized carbons (Fsp3) is 0.231. The third kappa shape index (κ3) is 2.55. The Morgan fingerprint density at radius 3 is 2.29 bits per heavy atom. The van der Waals surface area contributed by atoms with Crippen molar-refractivity contribution in [3.8, 4) is 11.3 Å². The number of benzene rings is 1. The zero-order valence-electron chi connectivity index (χ0n) is 9.15. The van der Waals surface area contributed by atoms with Crippen molar-refractivity contribution in [2.45, 2.75) is 12.2 Å². The van der Waals surface area contributed by atoms with E-state index in [9.17, 15) is 10.2 Å². The van der Waals surface area contributed by atoms with Gasteiger partial charge < -0.3 is 19.7 Å². The van der Waals surface area contributed by atoms with Crippen LogP contribution in [-0.2, 0) is 0 Å². The normalized spacial score (nSPS) is 14.5. The van der Waals surface area contributed by atoms with Gasteiger partial charge in [0, 0.05) is 5.56 Å². The van der Waals surface area contributed by atoms with Gasteiger partial charge >= 0.3 is 0 Å². The van der Waals surface area contributed by atoms with Crippen molar-refractivity contribution < 1.29 is 19.7 Å². The highest BCUT2D eigenvalue weighted by atomic mass is 16.4. The predicted octanol–water partition coefficient (Wildman–Crippen LogP) is 1.33. The molecule has 3 N–H and O–H groups in total. The Morgan fingerprint density at radius 1 is 1.06 bits per heavy atom. The Morgan fingerprint density at radius 2 is 1.76 bits per heavy atom. The summed E-state index contributed by atoms with van der Waals surface area (Å²) in [6.07, 6.45) is -0.650. The molecule has 4 nitrogen and oxygen atoms in total. The van der Waals surface area contributed by atoms with E-state index in [0.29, 0.717) is 5.56 Å². The Bertz CT molecular complexity index is 447. The van der Waals surface area contributed by atoms with Gasteiger partial charge in [0.1, 0.15) is 18.0 Å². The van der Waals surface area contributed by atoms with E-state index in [1.54, 1.807) is 36.6 Å². The van der Waals surface area contributed by atoms with Gasteiger partial charge in [-0.1, -0.05) is 24.3 Å². The number of hydrogen-bond acceptors (Lipinski definition) is 4. The Kier molecular flexibility index (Phi) is 3.58. The maximum Gasteiger partial charge on any atom is 0.133 e. The molecule has 0 fully saturated rings. The van der Waals surface area contributed by atoms with Crippen molar-refractivity contribution in [1.29, 1.82) is 0 Å². The summed E-state index contributed by atoms with van der Waals surface area (Å²) in [4.78, 5) is 0. The molecular weight excluding hydrogens is 220 g/mol. The van der Waals surface area contributed by atoms with Crippen molar-refractivity contribution in [3.63, 3.8) is 0 Å². The molecule has 0 spiro atoms. The second kappa shape index (κ2) is 5.14. The first kappa shape index (κ1) is 11.9. The number of hydrogen-bond donors (Lipinski definition) is 3. The lowest BCUT2D eigenvalue weighted by atomic mass is 10.0. The van der Waals surface area contributed by atoms with E-state index in [1.807, 2.05) is 6.07 Å². The van der Waals surface area contributed by atoms with Gasteiger partial charge in [0.15, 0.2) is 0 Å². The van der Waals surface area contributed by atoms with Crippen LogP contribution in [0.3, 0.4) is 0 Å². The Labute approximate surface area is 98.8 Å². The van der Waals surface area contributed by atoms with Crippen molar-refractivity contribution in [2.75, 3.05) is 6.61 Å². The van der Waals surface area contributed by atoms with E-state index in [-0.39, 0.29) is 0 Å². The van der Waals surface area contributed by atoms with Crippen LogP contribution in [0.1, 0.15) is 11.7 Å². The predicted molar refractivity (Wildman–Crippen MR) is 62.2 cm³/mol. The van der Waals surface area contributed by atoms with E-state index in [1.165, 1.54) is 0 Å². The molecule has 1 aromatic carbocycles. The first-order valence-corrected chi connectivity index (χ1v) is 5.33. The third-order valence-electron chi connectivity index (χ3n) is 2.61. The molecule has 0 aliphatic heterocycles. The second-order valence-corrected chi connectivity index (χ2v) is 3.79. The average Bonchev–Trinajstić information content (AvgIpc) is 2.91. The molecule has 1 heterocycles. The number of rotatable bonds is 4. The monoisotopic (exact) mass is 234 g/mol. The molecule has 90 valence electrons. The van der Waals surface area contributed by atoms with Gasteiger partial charge in [-0.15, -0.1) is 0 Å².